The molecule has 0 spiro atoms. The number of fused-ring (bicyclic) bond motifs is 2. The smallest absolute Gasteiger partial charge is 0.308 e. The summed E-state index contributed by atoms with van der Waals surface area (Å²) >= 11 is 11.7. The van der Waals surface area contributed by atoms with Crippen LogP contribution in [0, 0.1) is 5.82 Å². The number of hydrogen-bond acceptors (Lipinski definition) is 11. The third-order valence-electron chi connectivity index (χ3n) is 5.50. The summed E-state index contributed by atoms with van der Waals surface area (Å²) in [5, 5.41) is 4.30. The van der Waals surface area contributed by atoms with E-state index in [0.29, 0.717) is 50.0 Å². The van der Waals surface area contributed by atoms with Crippen molar-refractivity contribution in [3.8, 4) is 23.0 Å². The Bertz CT molecular complexity index is 1810. The number of rotatable bonds is 6. The van der Waals surface area contributed by atoms with Crippen molar-refractivity contribution in [2.75, 3.05) is 19.5 Å². The lowest BCUT2D eigenvalue weighted by molar-refractivity contribution is -0.132. The fraction of sp³-hybridized carbons (Fsp3) is 0.143. The van der Waals surface area contributed by atoms with Gasteiger partial charge in [-0.2, -0.15) is 0 Å². The summed E-state index contributed by atoms with van der Waals surface area (Å²) in [6.07, 6.45) is 2.69. The van der Waals surface area contributed by atoms with Crippen LogP contribution in [0.5, 0.6) is 23.0 Å². The molecule has 0 aliphatic heterocycles. The molecule has 2 aromatic heterocycles. The summed E-state index contributed by atoms with van der Waals surface area (Å²) in [5.74, 6) is 0.0901. The Balaban J connectivity index is 0.000000247. The zero-order valence-corrected chi connectivity index (χ0v) is 25.3. The van der Waals surface area contributed by atoms with Gasteiger partial charge in [0.2, 0.25) is 0 Å². The molecule has 1 N–H and O–H groups in total. The highest BCUT2D eigenvalue weighted by Gasteiger charge is 2.15. The van der Waals surface area contributed by atoms with Gasteiger partial charge in [-0.05, 0) is 24.3 Å². The molecule has 11 nitrogen and oxygen atoms in total. The molecule has 0 saturated carbocycles. The van der Waals surface area contributed by atoms with Gasteiger partial charge in [0.1, 0.15) is 23.6 Å². The van der Waals surface area contributed by atoms with Crippen molar-refractivity contribution in [3.63, 3.8) is 0 Å². The van der Waals surface area contributed by atoms with E-state index in [-0.39, 0.29) is 28.9 Å². The molecule has 0 unspecified atom stereocenters. The molecule has 224 valence electrons. The average molecular weight is 651 g/mol. The van der Waals surface area contributed by atoms with Crippen LogP contribution in [0.4, 0.5) is 15.9 Å². The molecule has 43 heavy (non-hydrogen) atoms. The van der Waals surface area contributed by atoms with Crippen LogP contribution in [0.15, 0.2) is 55.1 Å². The Kier molecular flexibility index (Phi) is 11.2. The third-order valence-corrected chi connectivity index (χ3v) is 6.10. The summed E-state index contributed by atoms with van der Waals surface area (Å²) < 4.78 is 34.6. The van der Waals surface area contributed by atoms with E-state index in [1.807, 2.05) is 0 Å². The second-order valence-electron chi connectivity index (χ2n) is 8.34. The first kappa shape index (κ1) is 33.0. The van der Waals surface area contributed by atoms with Gasteiger partial charge in [0.05, 0.1) is 36.0 Å². The molecule has 15 heteroatoms. The van der Waals surface area contributed by atoms with Crippen molar-refractivity contribution in [2.45, 2.75) is 13.8 Å². The van der Waals surface area contributed by atoms with Crippen LogP contribution in [-0.4, -0.2) is 46.1 Å². The van der Waals surface area contributed by atoms with Crippen LogP contribution in [-0.2, 0) is 9.59 Å². The summed E-state index contributed by atoms with van der Waals surface area (Å²) in [5.41, 5.74) is 1.32. The lowest BCUT2D eigenvalue weighted by Crippen LogP contribution is -2.04. The summed E-state index contributed by atoms with van der Waals surface area (Å²) in [4.78, 5) is 38.5. The van der Waals surface area contributed by atoms with E-state index in [1.165, 1.54) is 52.9 Å². The van der Waals surface area contributed by atoms with Crippen LogP contribution >= 0.6 is 35.6 Å². The molecule has 5 aromatic rings. The standard InChI is InChI=1S/C17H13ClFN3O3.C11H9ClN2O3.ClH/c1-9(23)25-15-6-10-13(7-14(15)24-2)20-8-21-17(10)22-12-5-3-4-11(18)16(12)19;1-6(15)17-10-3-7-8(4-9(10)16-2)13-5-14-11(7)12;/h3-8H,1-2H3,(H,20,21,22);3-5H,1-2H3;1H. The van der Waals surface area contributed by atoms with Crippen molar-refractivity contribution in [2.24, 2.45) is 0 Å². The topological polar surface area (TPSA) is 135 Å². The Morgan fingerprint density at radius 2 is 1.30 bits per heavy atom. The highest BCUT2D eigenvalue weighted by atomic mass is 35.5. The van der Waals surface area contributed by atoms with Crippen molar-refractivity contribution in [1.82, 2.24) is 19.9 Å². The third kappa shape index (κ3) is 7.86. The molecular weight excluding hydrogens is 628 g/mol. The second kappa shape index (κ2) is 14.6. The molecule has 2 heterocycles. The Morgan fingerprint density at radius 3 is 1.86 bits per heavy atom. The number of methoxy groups -OCH3 is 2. The molecule has 5 rings (SSSR count). The number of nitrogens with one attached hydrogen (secondary N) is 1. The first-order chi connectivity index (χ1) is 20.1. The number of hydrogen-bond donors (Lipinski definition) is 1. The molecule has 0 bridgehead atoms. The molecule has 0 amide bonds. The van der Waals surface area contributed by atoms with Gasteiger partial charge in [0, 0.05) is 36.8 Å². The van der Waals surface area contributed by atoms with Gasteiger partial charge in [-0.15, -0.1) is 12.4 Å². The summed E-state index contributed by atoms with van der Waals surface area (Å²) in [6, 6.07) is 11.0. The molecule has 0 radical (unpaired) electrons. The van der Waals surface area contributed by atoms with Crippen molar-refractivity contribution < 1.29 is 32.9 Å². The zero-order chi connectivity index (χ0) is 30.4. The number of esters is 2. The minimum absolute atomic E-state index is 0. The molecular formula is C28H23Cl3FN5O6. The SMILES string of the molecule is COc1cc2ncnc(Cl)c2cc1OC(C)=O.COc1cc2ncnc(Nc3cccc(Cl)c3F)c2cc1OC(C)=O.Cl. The van der Waals surface area contributed by atoms with Gasteiger partial charge in [-0.25, -0.2) is 24.3 Å². The number of anilines is 2. The number of nitrogens with zero attached hydrogens (tertiary/aromatic N) is 4. The van der Waals surface area contributed by atoms with Crippen LogP contribution in [0.3, 0.4) is 0 Å². The number of carbonyl (C=O) groups excluding carboxylic acids is 2. The van der Waals surface area contributed by atoms with E-state index in [1.54, 1.807) is 30.3 Å². The van der Waals surface area contributed by atoms with Crippen LogP contribution in [0.2, 0.25) is 10.2 Å². The molecule has 3 aromatic carbocycles. The molecule has 0 atom stereocenters. The number of halogens is 4. The van der Waals surface area contributed by atoms with Gasteiger partial charge < -0.3 is 24.3 Å². The maximum atomic E-state index is 14.1. The number of aromatic nitrogens is 4. The van der Waals surface area contributed by atoms with Crippen molar-refractivity contribution >= 4 is 80.9 Å². The zero-order valence-electron chi connectivity index (χ0n) is 23.0. The van der Waals surface area contributed by atoms with Crippen LogP contribution in [0.25, 0.3) is 21.8 Å². The van der Waals surface area contributed by atoms with E-state index in [4.69, 9.17) is 42.1 Å². The first-order valence-corrected chi connectivity index (χ1v) is 12.8. The molecule has 0 saturated heterocycles. The first-order valence-electron chi connectivity index (χ1n) is 12.0. The predicted octanol–water partition coefficient (Wildman–Crippen LogP) is 6.74. The molecule has 0 aliphatic rings. The van der Waals surface area contributed by atoms with E-state index >= 15 is 0 Å². The number of carbonyl (C=O) groups is 2. The van der Waals surface area contributed by atoms with E-state index in [9.17, 15) is 14.0 Å². The predicted molar refractivity (Wildman–Crippen MR) is 162 cm³/mol. The normalized spacial score (nSPS) is 10.2. The van der Waals surface area contributed by atoms with Gasteiger partial charge in [0.25, 0.3) is 0 Å². The number of benzene rings is 3. The fourth-order valence-corrected chi connectivity index (χ4v) is 4.08. The largest absolute Gasteiger partial charge is 0.493 e. The Labute approximate surface area is 260 Å². The summed E-state index contributed by atoms with van der Waals surface area (Å²) in [7, 11) is 2.94. The fourth-order valence-electron chi connectivity index (χ4n) is 3.71. The van der Waals surface area contributed by atoms with Gasteiger partial charge in [-0.3, -0.25) is 9.59 Å². The Hall–Kier alpha value is -4.52. The summed E-state index contributed by atoms with van der Waals surface area (Å²) in [6.45, 7) is 2.60. The quantitative estimate of drug-likeness (QED) is 0.119. The lowest BCUT2D eigenvalue weighted by Gasteiger charge is -2.13. The minimum atomic E-state index is -0.593. The Morgan fingerprint density at radius 1 is 0.767 bits per heavy atom. The molecule has 0 aliphatic carbocycles. The van der Waals surface area contributed by atoms with E-state index in [2.05, 4.69) is 25.3 Å². The maximum absolute atomic E-state index is 14.1. The second-order valence-corrected chi connectivity index (χ2v) is 9.11. The van der Waals surface area contributed by atoms with Crippen LogP contribution in [0.1, 0.15) is 13.8 Å². The van der Waals surface area contributed by atoms with Crippen LogP contribution < -0.4 is 24.3 Å². The van der Waals surface area contributed by atoms with E-state index in [0.717, 1.165) is 0 Å². The molecule has 0 fully saturated rings. The van der Waals surface area contributed by atoms with Gasteiger partial charge >= 0.3 is 11.9 Å². The van der Waals surface area contributed by atoms with Gasteiger partial charge in [-0.1, -0.05) is 29.3 Å². The van der Waals surface area contributed by atoms with Gasteiger partial charge in [0.15, 0.2) is 28.8 Å². The average Bonchev–Trinajstić information content (AvgIpc) is 2.95. The monoisotopic (exact) mass is 649 g/mol. The highest BCUT2D eigenvalue weighted by molar-refractivity contribution is 6.34. The minimum Gasteiger partial charge on any atom is -0.493 e. The maximum Gasteiger partial charge on any atom is 0.308 e. The lowest BCUT2D eigenvalue weighted by atomic mass is 10.2. The van der Waals surface area contributed by atoms with Crippen molar-refractivity contribution in [3.05, 3.63) is 71.1 Å². The van der Waals surface area contributed by atoms with E-state index < -0.39 is 17.8 Å². The number of ether oxygens (including phenoxy) is 4. The highest BCUT2D eigenvalue weighted by Crippen LogP contribution is 2.36. The van der Waals surface area contributed by atoms with Crippen molar-refractivity contribution in [1.29, 1.82) is 0 Å².